The van der Waals surface area contributed by atoms with Gasteiger partial charge >= 0.3 is 0 Å². The summed E-state index contributed by atoms with van der Waals surface area (Å²) in [6.45, 7) is 4.70. The van der Waals surface area contributed by atoms with Crippen molar-refractivity contribution in [2.45, 2.75) is 19.3 Å². The van der Waals surface area contributed by atoms with E-state index in [4.69, 9.17) is 0 Å². The van der Waals surface area contributed by atoms with E-state index in [0.717, 1.165) is 0 Å². The van der Waals surface area contributed by atoms with E-state index in [9.17, 15) is 0 Å². The number of hydrogen-bond donors (Lipinski definition) is 0. The Morgan fingerprint density at radius 1 is 0.400 bits per heavy atom. The molecule has 10 rings (SSSR count). The quantitative estimate of drug-likeness (QED) is 0.194. The Labute approximate surface area is 261 Å². The van der Waals surface area contributed by atoms with E-state index in [0.29, 0.717) is 0 Å². The summed E-state index contributed by atoms with van der Waals surface area (Å²) < 4.78 is 5.03. The number of para-hydroxylation sites is 2. The predicted octanol–water partition coefficient (Wildman–Crippen LogP) is 11.3. The Hall–Kier alpha value is -5.60. The maximum Gasteiger partial charge on any atom is 0.0789 e. The van der Waals surface area contributed by atoms with Gasteiger partial charge in [0.1, 0.15) is 0 Å². The van der Waals surface area contributed by atoms with Gasteiger partial charge in [0, 0.05) is 43.7 Å². The first-order chi connectivity index (χ1) is 22.1. The van der Waals surface area contributed by atoms with Gasteiger partial charge < -0.3 is 9.13 Å². The lowest BCUT2D eigenvalue weighted by atomic mass is 9.82. The molecule has 0 aliphatic heterocycles. The number of nitrogens with zero attached hydrogens (tertiary/aromatic N) is 2. The van der Waals surface area contributed by atoms with Crippen molar-refractivity contribution in [3.63, 3.8) is 0 Å². The summed E-state index contributed by atoms with van der Waals surface area (Å²) in [5.41, 5.74) is 12.8. The highest BCUT2D eigenvalue weighted by molar-refractivity contribution is 6.26. The topological polar surface area (TPSA) is 9.86 Å². The third-order valence-corrected chi connectivity index (χ3v) is 10.3. The highest BCUT2D eigenvalue weighted by Gasteiger charge is 2.35. The van der Waals surface area contributed by atoms with Gasteiger partial charge in [-0.3, -0.25) is 0 Å². The first-order valence-corrected chi connectivity index (χ1v) is 15.8. The van der Waals surface area contributed by atoms with E-state index in [-0.39, 0.29) is 5.41 Å². The van der Waals surface area contributed by atoms with E-state index in [1.54, 1.807) is 0 Å². The van der Waals surface area contributed by atoms with Gasteiger partial charge in [0.2, 0.25) is 0 Å². The van der Waals surface area contributed by atoms with Crippen molar-refractivity contribution in [1.82, 2.24) is 9.13 Å². The monoisotopic (exact) mass is 574 g/mol. The lowest BCUT2D eigenvalue weighted by molar-refractivity contribution is 0.660. The molecule has 0 fully saturated rings. The fraction of sp³-hybridized carbons (Fsp3) is 0.0698. The number of aromatic nitrogens is 2. The van der Waals surface area contributed by atoms with Crippen molar-refractivity contribution >= 4 is 54.4 Å². The van der Waals surface area contributed by atoms with Gasteiger partial charge in [-0.2, -0.15) is 0 Å². The summed E-state index contributed by atoms with van der Waals surface area (Å²) in [5, 5.41) is 7.59. The van der Waals surface area contributed by atoms with Crippen LogP contribution in [0.15, 0.2) is 146 Å². The summed E-state index contributed by atoms with van der Waals surface area (Å²) >= 11 is 0. The molecule has 0 saturated heterocycles. The zero-order valence-corrected chi connectivity index (χ0v) is 25.3. The smallest absolute Gasteiger partial charge is 0.0789 e. The molecule has 2 nitrogen and oxygen atoms in total. The minimum Gasteiger partial charge on any atom is -0.307 e. The van der Waals surface area contributed by atoms with E-state index in [1.165, 1.54) is 88.0 Å². The van der Waals surface area contributed by atoms with Crippen LogP contribution in [0, 0.1) is 0 Å². The highest BCUT2D eigenvalue weighted by Crippen LogP contribution is 2.50. The molecule has 7 aromatic carbocycles. The Morgan fingerprint density at radius 2 is 1.02 bits per heavy atom. The zero-order valence-electron chi connectivity index (χ0n) is 25.3. The number of rotatable bonds is 2. The molecule has 9 aromatic rings. The first-order valence-electron chi connectivity index (χ1n) is 15.8. The maximum atomic E-state index is 2.52. The van der Waals surface area contributed by atoms with Crippen LogP contribution >= 0.6 is 0 Å². The van der Waals surface area contributed by atoms with Crippen LogP contribution in [0.2, 0.25) is 0 Å². The van der Waals surface area contributed by atoms with E-state index in [2.05, 4.69) is 169 Å². The molecule has 45 heavy (non-hydrogen) atoms. The second-order valence-electron chi connectivity index (χ2n) is 13.0. The SMILES string of the molecule is CC1(C)c2ccccc2-c2cc(-n3c4ccccc4c4ccc5c6ccc7ccccc7c6n(-c6ccccc6)c5c43)ccc21. The van der Waals surface area contributed by atoms with Gasteiger partial charge in [0.25, 0.3) is 0 Å². The van der Waals surface area contributed by atoms with Crippen LogP contribution in [0.1, 0.15) is 25.0 Å². The van der Waals surface area contributed by atoms with Crippen molar-refractivity contribution in [2.24, 2.45) is 0 Å². The summed E-state index contributed by atoms with van der Waals surface area (Å²) in [7, 11) is 0. The molecule has 1 aliphatic carbocycles. The lowest BCUT2D eigenvalue weighted by Crippen LogP contribution is -2.14. The molecule has 0 spiro atoms. The third kappa shape index (κ3) is 3.18. The molecule has 0 bridgehead atoms. The highest BCUT2D eigenvalue weighted by atomic mass is 15.0. The second-order valence-corrected chi connectivity index (χ2v) is 13.0. The molecule has 0 radical (unpaired) electrons. The summed E-state index contributed by atoms with van der Waals surface area (Å²) in [4.78, 5) is 0. The van der Waals surface area contributed by atoms with Gasteiger partial charge in [0.15, 0.2) is 0 Å². The predicted molar refractivity (Wildman–Crippen MR) is 190 cm³/mol. The van der Waals surface area contributed by atoms with Crippen LogP contribution in [0.25, 0.3) is 76.9 Å². The molecule has 0 amide bonds. The molecule has 0 unspecified atom stereocenters. The van der Waals surface area contributed by atoms with E-state index < -0.39 is 0 Å². The van der Waals surface area contributed by atoms with Crippen LogP contribution in [-0.2, 0) is 5.41 Å². The Morgan fingerprint density at radius 3 is 1.89 bits per heavy atom. The van der Waals surface area contributed by atoms with Crippen molar-refractivity contribution in [3.05, 3.63) is 157 Å². The van der Waals surface area contributed by atoms with Crippen LogP contribution in [-0.4, -0.2) is 9.13 Å². The summed E-state index contributed by atoms with van der Waals surface area (Å²) in [6, 6.07) is 53.8. The Bertz CT molecular complexity index is 2670. The van der Waals surface area contributed by atoms with Gasteiger partial charge in [0.05, 0.1) is 22.1 Å². The zero-order chi connectivity index (χ0) is 29.9. The van der Waals surface area contributed by atoms with Crippen LogP contribution in [0.3, 0.4) is 0 Å². The molecule has 0 atom stereocenters. The molecule has 2 aromatic heterocycles. The van der Waals surface area contributed by atoms with Gasteiger partial charge in [-0.1, -0.05) is 129 Å². The van der Waals surface area contributed by atoms with E-state index >= 15 is 0 Å². The van der Waals surface area contributed by atoms with Crippen molar-refractivity contribution in [3.8, 4) is 22.5 Å². The molecule has 2 heteroatoms. The lowest BCUT2D eigenvalue weighted by Gasteiger charge is -2.21. The van der Waals surface area contributed by atoms with Crippen molar-refractivity contribution in [2.75, 3.05) is 0 Å². The van der Waals surface area contributed by atoms with Gasteiger partial charge in [-0.05, 0) is 58.0 Å². The van der Waals surface area contributed by atoms with Crippen molar-refractivity contribution in [1.29, 1.82) is 0 Å². The first kappa shape index (κ1) is 24.8. The molecule has 212 valence electrons. The fourth-order valence-corrected chi connectivity index (χ4v) is 8.26. The van der Waals surface area contributed by atoms with Crippen LogP contribution < -0.4 is 0 Å². The summed E-state index contributed by atoms with van der Waals surface area (Å²) in [5.74, 6) is 0. The number of fused-ring (bicyclic) bond motifs is 12. The third-order valence-electron chi connectivity index (χ3n) is 10.3. The normalized spacial score (nSPS) is 13.7. The summed E-state index contributed by atoms with van der Waals surface area (Å²) in [6.07, 6.45) is 0. The minimum absolute atomic E-state index is 0.0284. The van der Waals surface area contributed by atoms with Gasteiger partial charge in [-0.25, -0.2) is 0 Å². The van der Waals surface area contributed by atoms with Crippen molar-refractivity contribution < 1.29 is 0 Å². The molecule has 0 saturated carbocycles. The largest absolute Gasteiger partial charge is 0.307 e. The standard InChI is InChI=1S/C43H30N2/c1-43(2)37-18-10-8-16-31(37)36-26-29(21-25-38(36)43)44-39-19-11-9-17-32(39)33-23-24-35-34-22-20-27-12-6-7-15-30(27)40(34)45(42(35)41(33)44)28-13-4-3-5-14-28/h3-26H,1-2H3. The average molecular weight is 575 g/mol. The van der Waals surface area contributed by atoms with Crippen LogP contribution in [0.5, 0.6) is 0 Å². The second kappa shape index (κ2) is 8.74. The van der Waals surface area contributed by atoms with Crippen LogP contribution in [0.4, 0.5) is 0 Å². The number of benzene rings is 7. The Balaban J connectivity index is 1.42. The Kier molecular flexibility index (Phi) is 4.82. The molecular formula is C43H30N2. The average Bonchev–Trinajstić information content (AvgIpc) is 3.69. The maximum absolute atomic E-state index is 2.52. The minimum atomic E-state index is -0.0284. The number of hydrogen-bond acceptors (Lipinski definition) is 0. The molecule has 0 N–H and O–H groups in total. The molecular weight excluding hydrogens is 544 g/mol. The molecule has 1 aliphatic rings. The van der Waals surface area contributed by atoms with E-state index in [1.807, 2.05) is 0 Å². The fourth-order valence-electron chi connectivity index (χ4n) is 8.26. The van der Waals surface area contributed by atoms with Gasteiger partial charge in [-0.15, -0.1) is 0 Å². The molecule has 2 heterocycles.